The quantitative estimate of drug-likeness (QED) is 0.760. The molecule has 0 unspecified atom stereocenters. The number of carbonyl (C=O) groups excluding carboxylic acids is 1. The van der Waals surface area contributed by atoms with Crippen LogP contribution < -0.4 is 0 Å². The molecule has 166 valence electrons. The van der Waals surface area contributed by atoms with Crippen molar-refractivity contribution in [3.05, 3.63) is 0 Å². The fourth-order valence-corrected chi connectivity index (χ4v) is 6.64. The number of rotatable bonds is 4. The minimum absolute atomic E-state index is 0.0222. The Hall–Kier alpha value is -0.730. The zero-order valence-corrected chi connectivity index (χ0v) is 18.1. The van der Waals surface area contributed by atoms with Gasteiger partial charge in [0.1, 0.15) is 0 Å². The fraction of sp³-hybridized carbons (Fsp3) is 0.955. The van der Waals surface area contributed by atoms with Gasteiger partial charge < -0.3 is 29.0 Å². The highest BCUT2D eigenvalue weighted by Crippen LogP contribution is 2.62. The second-order valence-corrected chi connectivity index (χ2v) is 9.87. The second kappa shape index (κ2) is 8.42. The van der Waals surface area contributed by atoms with Crippen molar-refractivity contribution in [2.45, 2.75) is 64.4 Å². The zero-order chi connectivity index (χ0) is 20.6. The lowest BCUT2D eigenvalue weighted by molar-refractivity contribution is -0.316. The highest BCUT2D eigenvalue weighted by atomic mass is 16.7. The van der Waals surface area contributed by atoms with Crippen molar-refractivity contribution in [1.29, 1.82) is 0 Å². The van der Waals surface area contributed by atoms with Crippen LogP contribution in [0, 0.1) is 22.7 Å². The van der Waals surface area contributed by atoms with Crippen LogP contribution in [0.1, 0.15) is 46.0 Å². The van der Waals surface area contributed by atoms with Gasteiger partial charge in [0.05, 0.1) is 38.6 Å². The standard InChI is InChI=1S/C22H37NO6/c1-21-7-6-18-22(2,14-28-20(29-18)13-26-3)17(21)5-4-16(24)15(21)12-19(25)23-8-10-27-11-9-23/h15-18,20,24H,4-14H2,1-3H3/t15-,16-,17+,18-,20-,21+,22+/m1/s1. The summed E-state index contributed by atoms with van der Waals surface area (Å²) in [6, 6.07) is 0. The largest absolute Gasteiger partial charge is 0.393 e. The molecule has 4 aliphatic rings. The monoisotopic (exact) mass is 411 g/mol. The third kappa shape index (κ3) is 3.85. The van der Waals surface area contributed by atoms with E-state index in [0.29, 0.717) is 51.9 Å². The first-order valence-corrected chi connectivity index (χ1v) is 11.2. The smallest absolute Gasteiger partial charge is 0.223 e. The molecule has 7 nitrogen and oxygen atoms in total. The Balaban J connectivity index is 1.51. The number of aliphatic hydroxyl groups is 1. The summed E-state index contributed by atoms with van der Waals surface area (Å²) in [5, 5.41) is 10.9. The third-order valence-corrected chi connectivity index (χ3v) is 8.29. The lowest BCUT2D eigenvalue weighted by atomic mass is 9.46. The van der Waals surface area contributed by atoms with Gasteiger partial charge in [-0.15, -0.1) is 0 Å². The van der Waals surface area contributed by atoms with Crippen molar-refractivity contribution in [2.24, 2.45) is 22.7 Å². The predicted molar refractivity (Wildman–Crippen MR) is 106 cm³/mol. The number of ether oxygens (including phenoxy) is 4. The molecular formula is C22H37NO6. The molecule has 29 heavy (non-hydrogen) atoms. The molecule has 2 saturated carbocycles. The van der Waals surface area contributed by atoms with Crippen molar-refractivity contribution in [3.63, 3.8) is 0 Å². The van der Waals surface area contributed by atoms with E-state index in [9.17, 15) is 9.90 Å². The summed E-state index contributed by atoms with van der Waals surface area (Å²) in [4.78, 5) is 14.9. The normalized spacial score (nSPS) is 45.4. The number of carbonyl (C=O) groups is 1. The topological polar surface area (TPSA) is 77.5 Å². The molecule has 2 aliphatic heterocycles. The zero-order valence-electron chi connectivity index (χ0n) is 18.1. The number of morpholine rings is 1. The van der Waals surface area contributed by atoms with E-state index in [1.54, 1.807) is 7.11 Å². The maximum absolute atomic E-state index is 13.0. The average Bonchev–Trinajstić information content (AvgIpc) is 2.72. The Labute approximate surface area is 174 Å². The Morgan fingerprint density at radius 3 is 2.66 bits per heavy atom. The van der Waals surface area contributed by atoms with Gasteiger partial charge in [0.2, 0.25) is 5.91 Å². The summed E-state index contributed by atoms with van der Waals surface area (Å²) in [6.07, 6.45) is 3.43. The van der Waals surface area contributed by atoms with Gasteiger partial charge in [-0.3, -0.25) is 4.79 Å². The van der Waals surface area contributed by atoms with Crippen LogP contribution in [0.15, 0.2) is 0 Å². The van der Waals surface area contributed by atoms with E-state index in [4.69, 9.17) is 18.9 Å². The third-order valence-electron chi connectivity index (χ3n) is 8.29. The van der Waals surface area contributed by atoms with Gasteiger partial charge in [0.25, 0.3) is 0 Å². The van der Waals surface area contributed by atoms with Crippen molar-refractivity contribution in [3.8, 4) is 0 Å². The van der Waals surface area contributed by atoms with E-state index in [0.717, 1.165) is 25.7 Å². The van der Waals surface area contributed by atoms with Gasteiger partial charge in [0.15, 0.2) is 6.29 Å². The highest BCUT2D eigenvalue weighted by molar-refractivity contribution is 5.76. The van der Waals surface area contributed by atoms with Crippen molar-refractivity contribution >= 4 is 5.91 Å². The van der Waals surface area contributed by atoms with Crippen molar-refractivity contribution in [2.75, 3.05) is 46.6 Å². The maximum Gasteiger partial charge on any atom is 0.223 e. The lowest BCUT2D eigenvalue weighted by Gasteiger charge is -2.63. The van der Waals surface area contributed by atoms with Gasteiger partial charge in [0, 0.05) is 32.0 Å². The van der Waals surface area contributed by atoms with Gasteiger partial charge in [-0.25, -0.2) is 0 Å². The molecule has 2 saturated heterocycles. The fourth-order valence-electron chi connectivity index (χ4n) is 6.64. The number of aliphatic hydroxyl groups excluding tert-OH is 1. The molecule has 0 spiro atoms. The first kappa shape index (κ1) is 21.5. The van der Waals surface area contributed by atoms with Gasteiger partial charge in [-0.1, -0.05) is 13.8 Å². The van der Waals surface area contributed by atoms with E-state index in [1.807, 2.05) is 4.90 Å². The summed E-state index contributed by atoms with van der Waals surface area (Å²) in [6.45, 7) is 8.19. The van der Waals surface area contributed by atoms with E-state index >= 15 is 0 Å². The Morgan fingerprint density at radius 1 is 1.17 bits per heavy atom. The van der Waals surface area contributed by atoms with Gasteiger partial charge in [-0.2, -0.15) is 0 Å². The summed E-state index contributed by atoms with van der Waals surface area (Å²) >= 11 is 0. The number of methoxy groups -OCH3 is 1. The lowest BCUT2D eigenvalue weighted by Crippen LogP contribution is -2.63. The van der Waals surface area contributed by atoms with Crippen molar-refractivity contribution < 1.29 is 28.8 Å². The van der Waals surface area contributed by atoms with Crippen LogP contribution in [0.4, 0.5) is 0 Å². The molecule has 1 amide bonds. The first-order valence-electron chi connectivity index (χ1n) is 11.2. The summed E-state index contributed by atoms with van der Waals surface area (Å²) in [5.74, 6) is 0.497. The van der Waals surface area contributed by atoms with Crippen LogP contribution in [-0.4, -0.2) is 81.0 Å². The molecule has 7 atom stereocenters. The summed E-state index contributed by atoms with van der Waals surface area (Å²) < 4.78 is 22.9. The molecular weight excluding hydrogens is 374 g/mol. The Kier molecular flexibility index (Phi) is 6.24. The number of hydrogen-bond acceptors (Lipinski definition) is 6. The molecule has 0 aromatic heterocycles. The molecule has 4 fully saturated rings. The predicted octanol–water partition coefficient (Wildman–Crippen LogP) is 1.82. The van der Waals surface area contributed by atoms with Crippen LogP contribution in [0.2, 0.25) is 0 Å². The molecule has 2 heterocycles. The number of amides is 1. The minimum Gasteiger partial charge on any atom is -0.393 e. The summed E-state index contributed by atoms with van der Waals surface area (Å²) in [7, 11) is 1.66. The molecule has 4 rings (SSSR count). The van der Waals surface area contributed by atoms with Gasteiger partial charge in [-0.05, 0) is 42.9 Å². The molecule has 0 aromatic rings. The molecule has 0 bridgehead atoms. The molecule has 0 aromatic carbocycles. The molecule has 2 aliphatic carbocycles. The number of nitrogens with zero attached hydrogens (tertiary/aromatic N) is 1. The van der Waals surface area contributed by atoms with Crippen LogP contribution >= 0.6 is 0 Å². The van der Waals surface area contributed by atoms with E-state index in [1.165, 1.54) is 0 Å². The van der Waals surface area contributed by atoms with Crippen molar-refractivity contribution in [1.82, 2.24) is 4.90 Å². The van der Waals surface area contributed by atoms with Crippen LogP contribution in [0.5, 0.6) is 0 Å². The minimum atomic E-state index is -0.423. The highest BCUT2D eigenvalue weighted by Gasteiger charge is 2.61. The molecule has 1 N–H and O–H groups in total. The Bertz CT molecular complexity index is 596. The summed E-state index contributed by atoms with van der Waals surface area (Å²) in [5.41, 5.74) is -0.191. The molecule has 7 heteroatoms. The first-order chi connectivity index (χ1) is 13.9. The van der Waals surface area contributed by atoms with Gasteiger partial charge >= 0.3 is 0 Å². The van der Waals surface area contributed by atoms with E-state index < -0.39 is 6.10 Å². The number of fused-ring (bicyclic) bond motifs is 3. The maximum atomic E-state index is 13.0. The second-order valence-electron chi connectivity index (χ2n) is 9.87. The Morgan fingerprint density at radius 2 is 1.93 bits per heavy atom. The molecule has 0 radical (unpaired) electrons. The van der Waals surface area contributed by atoms with Crippen LogP contribution in [0.25, 0.3) is 0 Å². The van der Waals surface area contributed by atoms with E-state index in [2.05, 4.69) is 13.8 Å². The average molecular weight is 412 g/mol. The van der Waals surface area contributed by atoms with Crippen LogP contribution in [-0.2, 0) is 23.7 Å². The number of hydrogen-bond donors (Lipinski definition) is 1. The van der Waals surface area contributed by atoms with Crippen LogP contribution in [0.3, 0.4) is 0 Å². The SMILES string of the molecule is COC[C@@H]1OC[C@@]2(C)[C@H]3CC[C@@H](O)[C@@H](CC(=O)N4CCOCC4)[C@]3(C)CC[C@H]2O1. The van der Waals surface area contributed by atoms with E-state index in [-0.39, 0.29) is 35.0 Å².